The number of nitro groups is 1. The van der Waals surface area contributed by atoms with Crippen molar-refractivity contribution in [3.05, 3.63) is 124 Å². The standard InChI is InChI=1S/C30H24N2O7/c33-29(34)28(17-19-9-13-21(14-10-19)39-22-15-11-20(12-16-22)32(36)37)31-30(35)38-18-27-25-7-3-1-5-23(25)24-6-2-4-8-26(24)27/h1-16,27-28H,17-18H2,(H,31,35)(H,33,34). The Morgan fingerprint density at radius 1 is 0.846 bits per heavy atom. The van der Waals surface area contributed by atoms with Crippen LogP contribution in [0.3, 0.4) is 0 Å². The van der Waals surface area contributed by atoms with Gasteiger partial charge in [0.25, 0.3) is 5.69 Å². The molecule has 0 saturated heterocycles. The van der Waals surface area contributed by atoms with E-state index in [0.717, 1.165) is 22.3 Å². The number of nitrogens with one attached hydrogen (secondary N) is 1. The van der Waals surface area contributed by atoms with E-state index in [2.05, 4.69) is 5.32 Å². The van der Waals surface area contributed by atoms with Crippen LogP contribution in [0.15, 0.2) is 97.1 Å². The van der Waals surface area contributed by atoms with E-state index in [-0.39, 0.29) is 24.6 Å². The number of alkyl carbamates (subject to hydrolysis) is 1. The molecule has 1 unspecified atom stereocenters. The number of fused-ring (bicyclic) bond motifs is 3. The Hall–Kier alpha value is -5.18. The molecule has 0 aromatic heterocycles. The minimum Gasteiger partial charge on any atom is -0.480 e. The number of ether oxygens (including phenoxy) is 2. The monoisotopic (exact) mass is 524 g/mol. The number of aliphatic carboxylic acids is 1. The average Bonchev–Trinajstić information content (AvgIpc) is 3.26. The Balaban J connectivity index is 1.18. The summed E-state index contributed by atoms with van der Waals surface area (Å²) < 4.78 is 11.2. The zero-order valence-corrected chi connectivity index (χ0v) is 20.7. The summed E-state index contributed by atoms with van der Waals surface area (Å²) in [5, 5.41) is 22.9. The predicted octanol–water partition coefficient (Wildman–Crippen LogP) is 5.92. The molecule has 1 atom stereocenters. The second-order valence-corrected chi connectivity index (χ2v) is 9.06. The second-order valence-electron chi connectivity index (χ2n) is 9.06. The smallest absolute Gasteiger partial charge is 0.407 e. The van der Waals surface area contributed by atoms with Crippen molar-refractivity contribution in [1.29, 1.82) is 0 Å². The van der Waals surface area contributed by atoms with Gasteiger partial charge in [-0.05, 0) is 52.1 Å². The number of nitro benzene ring substituents is 1. The van der Waals surface area contributed by atoms with Crippen LogP contribution in [-0.4, -0.2) is 34.7 Å². The molecule has 1 aliphatic rings. The summed E-state index contributed by atoms with van der Waals surface area (Å²) in [5.74, 6) is -0.415. The Morgan fingerprint density at radius 3 is 1.92 bits per heavy atom. The van der Waals surface area contributed by atoms with Crippen LogP contribution in [0.5, 0.6) is 11.5 Å². The molecule has 4 aromatic carbocycles. The maximum atomic E-state index is 12.6. The van der Waals surface area contributed by atoms with Gasteiger partial charge in [0.05, 0.1) is 4.92 Å². The topological polar surface area (TPSA) is 128 Å². The molecule has 0 fully saturated rings. The highest BCUT2D eigenvalue weighted by Crippen LogP contribution is 2.44. The minimum absolute atomic E-state index is 0.0390. The highest BCUT2D eigenvalue weighted by Gasteiger charge is 2.29. The summed E-state index contributed by atoms with van der Waals surface area (Å²) in [6.45, 7) is 0.0842. The summed E-state index contributed by atoms with van der Waals surface area (Å²) in [7, 11) is 0. The van der Waals surface area contributed by atoms with E-state index >= 15 is 0 Å². The van der Waals surface area contributed by atoms with Crippen LogP contribution >= 0.6 is 0 Å². The summed E-state index contributed by atoms with van der Waals surface area (Å²) >= 11 is 0. The molecule has 0 radical (unpaired) electrons. The van der Waals surface area contributed by atoms with Gasteiger partial charge in [0.2, 0.25) is 0 Å². The van der Waals surface area contributed by atoms with Crippen molar-refractivity contribution in [2.45, 2.75) is 18.4 Å². The number of benzene rings is 4. The molecule has 1 amide bonds. The number of hydrogen-bond donors (Lipinski definition) is 2. The third-order valence-electron chi connectivity index (χ3n) is 6.58. The molecule has 0 aliphatic heterocycles. The van der Waals surface area contributed by atoms with Gasteiger partial charge in [-0.3, -0.25) is 10.1 Å². The number of hydrogen-bond acceptors (Lipinski definition) is 6. The third-order valence-corrected chi connectivity index (χ3v) is 6.58. The molecule has 2 N–H and O–H groups in total. The zero-order valence-electron chi connectivity index (χ0n) is 20.7. The van der Waals surface area contributed by atoms with Gasteiger partial charge in [-0.1, -0.05) is 60.7 Å². The molecular formula is C30H24N2O7. The Labute approximate surface area is 223 Å². The summed E-state index contributed by atoms with van der Waals surface area (Å²) in [6.07, 6.45) is -0.764. The molecule has 0 saturated carbocycles. The first kappa shape index (κ1) is 25.5. The van der Waals surface area contributed by atoms with E-state index in [1.54, 1.807) is 24.3 Å². The Kier molecular flexibility index (Phi) is 7.22. The average molecular weight is 525 g/mol. The summed E-state index contributed by atoms with van der Waals surface area (Å²) in [6, 6.07) is 27.1. The lowest BCUT2D eigenvalue weighted by Crippen LogP contribution is -2.42. The van der Waals surface area contributed by atoms with Gasteiger partial charge in [0.1, 0.15) is 24.1 Å². The highest BCUT2D eigenvalue weighted by molar-refractivity contribution is 5.81. The maximum absolute atomic E-state index is 12.6. The Bertz CT molecular complexity index is 1470. The number of amides is 1. The SMILES string of the molecule is O=C(NC(Cc1ccc(Oc2ccc([N+](=O)[O-])cc2)cc1)C(=O)O)OCC1c2ccccc2-c2ccccc21. The van der Waals surface area contributed by atoms with Gasteiger partial charge >= 0.3 is 12.1 Å². The van der Waals surface area contributed by atoms with Crippen LogP contribution in [0.2, 0.25) is 0 Å². The van der Waals surface area contributed by atoms with Crippen molar-refractivity contribution >= 4 is 17.7 Å². The van der Waals surface area contributed by atoms with Crippen molar-refractivity contribution < 1.29 is 29.1 Å². The fourth-order valence-electron chi connectivity index (χ4n) is 4.68. The normalized spacial score (nSPS) is 12.6. The molecule has 196 valence electrons. The molecular weight excluding hydrogens is 500 g/mol. The summed E-state index contributed by atoms with van der Waals surface area (Å²) in [4.78, 5) is 34.8. The molecule has 9 nitrogen and oxygen atoms in total. The Morgan fingerprint density at radius 2 is 1.38 bits per heavy atom. The van der Waals surface area contributed by atoms with Crippen molar-refractivity contribution in [2.24, 2.45) is 0 Å². The molecule has 4 aromatic rings. The first-order valence-corrected chi connectivity index (χ1v) is 12.2. The molecule has 9 heteroatoms. The van der Waals surface area contributed by atoms with E-state index in [1.165, 1.54) is 24.3 Å². The van der Waals surface area contributed by atoms with Crippen LogP contribution in [0.4, 0.5) is 10.5 Å². The maximum Gasteiger partial charge on any atom is 0.407 e. The zero-order chi connectivity index (χ0) is 27.4. The first-order chi connectivity index (χ1) is 18.9. The van der Waals surface area contributed by atoms with Crippen molar-refractivity contribution in [3.63, 3.8) is 0 Å². The highest BCUT2D eigenvalue weighted by atomic mass is 16.6. The number of rotatable bonds is 9. The number of nitrogens with zero attached hydrogens (tertiary/aromatic N) is 1. The lowest BCUT2D eigenvalue weighted by Gasteiger charge is -2.17. The van der Waals surface area contributed by atoms with E-state index in [9.17, 15) is 24.8 Å². The number of carboxylic acid groups (broad SMARTS) is 1. The van der Waals surface area contributed by atoms with Crippen LogP contribution in [0, 0.1) is 10.1 Å². The number of carboxylic acids is 1. The fourth-order valence-corrected chi connectivity index (χ4v) is 4.68. The van der Waals surface area contributed by atoms with E-state index in [4.69, 9.17) is 9.47 Å². The van der Waals surface area contributed by atoms with Crippen molar-refractivity contribution in [3.8, 4) is 22.6 Å². The molecule has 0 heterocycles. The van der Waals surface area contributed by atoms with Gasteiger partial charge in [-0.15, -0.1) is 0 Å². The molecule has 5 rings (SSSR count). The molecule has 39 heavy (non-hydrogen) atoms. The van der Waals surface area contributed by atoms with Crippen molar-refractivity contribution in [1.82, 2.24) is 5.32 Å². The predicted molar refractivity (Wildman–Crippen MR) is 143 cm³/mol. The number of carbonyl (C=O) groups is 2. The molecule has 0 spiro atoms. The van der Waals surface area contributed by atoms with Crippen LogP contribution in [-0.2, 0) is 16.0 Å². The van der Waals surface area contributed by atoms with Gasteiger partial charge in [-0.25, -0.2) is 9.59 Å². The van der Waals surface area contributed by atoms with Gasteiger partial charge < -0.3 is 19.9 Å². The first-order valence-electron chi connectivity index (χ1n) is 12.2. The van der Waals surface area contributed by atoms with E-state index in [0.29, 0.717) is 17.1 Å². The minimum atomic E-state index is -1.19. The number of non-ortho nitro benzene ring substituents is 1. The van der Waals surface area contributed by atoms with Gasteiger partial charge in [0.15, 0.2) is 0 Å². The third kappa shape index (κ3) is 5.72. The quantitative estimate of drug-likeness (QED) is 0.205. The lowest BCUT2D eigenvalue weighted by atomic mass is 9.98. The van der Waals surface area contributed by atoms with E-state index in [1.807, 2.05) is 48.5 Å². The van der Waals surface area contributed by atoms with Crippen LogP contribution in [0.25, 0.3) is 11.1 Å². The lowest BCUT2D eigenvalue weighted by molar-refractivity contribution is -0.384. The van der Waals surface area contributed by atoms with Gasteiger partial charge in [0, 0.05) is 24.5 Å². The summed E-state index contributed by atoms with van der Waals surface area (Å²) in [5.41, 5.74) is 4.96. The van der Waals surface area contributed by atoms with E-state index < -0.39 is 23.0 Å². The largest absolute Gasteiger partial charge is 0.480 e. The van der Waals surface area contributed by atoms with Crippen LogP contribution in [0.1, 0.15) is 22.6 Å². The number of carbonyl (C=O) groups excluding carboxylic acids is 1. The van der Waals surface area contributed by atoms with Gasteiger partial charge in [-0.2, -0.15) is 0 Å². The van der Waals surface area contributed by atoms with Crippen LogP contribution < -0.4 is 10.1 Å². The second kappa shape index (κ2) is 11.1. The van der Waals surface area contributed by atoms with Crippen molar-refractivity contribution in [2.75, 3.05) is 6.61 Å². The molecule has 1 aliphatic carbocycles. The molecule has 0 bridgehead atoms. The fraction of sp³-hybridized carbons (Fsp3) is 0.133.